The topological polar surface area (TPSA) is 23.8 Å². The van der Waals surface area contributed by atoms with Crippen LogP contribution in [-0.4, -0.2) is 0 Å². The van der Waals surface area contributed by atoms with E-state index in [2.05, 4.69) is 580 Å². The maximum atomic E-state index is 8.22. The van der Waals surface area contributed by atoms with E-state index in [0.29, 0.717) is 0 Å². The molecule has 1 nitrogen and oxygen atoms in total. The number of hydrogen-bond donors (Lipinski definition) is 0. The third-order valence-electron chi connectivity index (χ3n) is 6.18. The molecule has 0 aromatic rings. The SMILES string of the molecule is CC#CC#CC#CC#CC#CC#CC#CC#CC#CC#CC#CC#CC#CC#CC#CC#CC#CC#CC#CC#CC#CC#CC#CC#CC#CC#CC#CC#CC#CC#CC#CC#CC#CC#CC#CC#CC#CC#CC#CC#CC#CC#CC#CC#CC#CC#CC#CC#CC#CC#N. The molecular weight excluding hydrogens is 1220 g/mol. The molecule has 0 aromatic carbocycles. The van der Waals surface area contributed by atoms with E-state index in [9.17, 15) is 0 Å². The van der Waals surface area contributed by atoms with Crippen molar-refractivity contribution in [2.45, 2.75) is 6.92 Å². The molecule has 0 heterocycles. The van der Waals surface area contributed by atoms with Crippen molar-refractivity contribution >= 4 is 0 Å². The molecule has 0 radical (unpaired) electrons. The summed E-state index contributed by atoms with van der Waals surface area (Å²) >= 11 is 0. The van der Waals surface area contributed by atoms with Gasteiger partial charge >= 0.3 is 0 Å². The van der Waals surface area contributed by atoms with E-state index in [1.807, 2.05) is 0 Å². The molecule has 0 rings (SSSR count). The molecule has 0 fully saturated rings. The molecular formula is C100H3N. The fraction of sp³-hybridized carbons (Fsp3) is 0.0100. The Labute approximate surface area is 594 Å². The predicted molar refractivity (Wildman–Crippen MR) is 392 cm³/mol. The zero-order chi connectivity index (χ0) is 72.0. The lowest BCUT2D eigenvalue weighted by Gasteiger charge is -1.58. The molecule has 0 aliphatic carbocycles. The van der Waals surface area contributed by atoms with Crippen molar-refractivity contribution in [3.05, 3.63) is 0 Å². The summed E-state index contributed by atoms with van der Waals surface area (Å²) in [4.78, 5) is 0. The highest BCUT2D eigenvalue weighted by molar-refractivity contribution is 5.56. The Morgan fingerprint density at radius 1 is 0.0792 bits per heavy atom. The second-order valence-electron chi connectivity index (χ2n) is 12.5. The van der Waals surface area contributed by atoms with Gasteiger partial charge in [0.15, 0.2) is 6.07 Å². The van der Waals surface area contributed by atoms with Crippen molar-refractivity contribution in [2.75, 3.05) is 0 Å². The van der Waals surface area contributed by atoms with Crippen molar-refractivity contribution in [1.29, 1.82) is 5.26 Å². The van der Waals surface area contributed by atoms with Gasteiger partial charge in [0.2, 0.25) is 0 Å². The summed E-state index contributed by atoms with van der Waals surface area (Å²) in [5.74, 6) is 244. The van der Waals surface area contributed by atoms with Crippen LogP contribution < -0.4 is 0 Å². The highest BCUT2D eigenvalue weighted by Crippen LogP contribution is 1.67. The molecule has 0 atom stereocenters. The van der Waals surface area contributed by atoms with Crippen molar-refractivity contribution in [3.8, 4) is 586 Å². The van der Waals surface area contributed by atoms with Gasteiger partial charge in [-0.2, -0.15) is 5.26 Å². The number of rotatable bonds is 0. The molecule has 0 bridgehead atoms. The first-order valence-electron chi connectivity index (χ1n) is 25.2. The Morgan fingerprint density at radius 3 is 0.178 bits per heavy atom. The van der Waals surface area contributed by atoms with E-state index >= 15 is 0 Å². The molecule has 0 unspecified atom stereocenters. The summed E-state index contributed by atoms with van der Waals surface area (Å²) in [5.41, 5.74) is 0. The van der Waals surface area contributed by atoms with Crippen molar-refractivity contribution in [3.63, 3.8) is 0 Å². The number of hydrogen-bond acceptors (Lipinski definition) is 1. The van der Waals surface area contributed by atoms with E-state index in [4.69, 9.17) is 5.26 Å². The van der Waals surface area contributed by atoms with Crippen LogP contribution in [-0.2, 0) is 0 Å². The van der Waals surface area contributed by atoms with Gasteiger partial charge in [-0.05, 0) is 54.3 Å². The Balaban J connectivity index is 4.64. The third kappa shape index (κ3) is 77.9. The summed E-state index contributed by atoms with van der Waals surface area (Å²) in [6, 6.07) is 1.63. The molecule has 0 saturated carbocycles. The average Bonchev–Trinajstić information content (AvgIpc) is 3.68. The van der Waals surface area contributed by atoms with E-state index < -0.39 is 0 Å². The molecule has 408 valence electrons. The summed E-state index contributed by atoms with van der Waals surface area (Å²) in [5, 5.41) is 8.22. The zero-order valence-corrected chi connectivity index (χ0v) is 50.9. The van der Waals surface area contributed by atoms with Gasteiger partial charge in [0, 0.05) is 527 Å². The lowest BCUT2D eigenvalue weighted by atomic mass is 10.4. The van der Waals surface area contributed by atoms with Crippen LogP contribution in [0.15, 0.2) is 0 Å². The highest BCUT2D eigenvalue weighted by atomic mass is 14.2. The Morgan fingerprint density at radius 2 is 0.129 bits per heavy atom. The van der Waals surface area contributed by atoms with Crippen LogP contribution in [0.3, 0.4) is 0 Å². The summed E-state index contributed by atoms with van der Waals surface area (Å²) in [6.45, 7) is 1.68. The van der Waals surface area contributed by atoms with Gasteiger partial charge in [0.05, 0.1) is 0 Å². The quantitative estimate of drug-likeness (QED) is 0.329. The fourth-order valence-corrected chi connectivity index (χ4v) is 3.06. The number of nitrogens with zero attached hydrogens (tertiary/aromatic N) is 1. The molecule has 0 amide bonds. The predicted octanol–water partition coefficient (Wildman–Crippen LogP) is 0.696. The molecule has 0 aliphatic heterocycles. The molecule has 1 heteroatoms. The van der Waals surface area contributed by atoms with Crippen LogP contribution >= 0.6 is 0 Å². The van der Waals surface area contributed by atoms with Gasteiger partial charge in [-0.15, -0.1) is 0 Å². The van der Waals surface area contributed by atoms with Crippen LogP contribution in [0.1, 0.15) is 6.92 Å². The minimum atomic E-state index is 1.63. The second-order valence-corrected chi connectivity index (χ2v) is 12.5. The maximum Gasteiger partial charge on any atom is 0.153 e. The van der Waals surface area contributed by atoms with Crippen molar-refractivity contribution in [1.82, 2.24) is 0 Å². The van der Waals surface area contributed by atoms with E-state index in [0.717, 1.165) is 0 Å². The largest absolute Gasteiger partial charge is 0.183 e. The van der Waals surface area contributed by atoms with Crippen LogP contribution in [0, 0.1) is 592 Å². The van der Waals surface area contributed by atoms with Gasteiger partial charge < -0.3 is 0 Å². The smallest absolute Gasteiger partial charge is 0.153 e. The summed E-state index contributed by atoms with van der Waals surface area (Å²) < 4.78 is 0. The summed E-state index contributed by atoms with van der Waals surface area (Å²) in [7, 11) is 0. The molecule has 0 N–H and O–H groups in total. The fourth-order valence-electron chi connectivity index (χ4n) is 3.06. The lowest BCUT2D eigenvalue weighted by Crippen LogP contribution is -1.57. The highest BCUT2D eigenvalue weighted by Gasteiger charge is 1.67. The lowest BCUT2D eigenvalue weighted by molar-refractivity contribution is 1.55. The van der Waals surface area contributed by atoms with Gasteiger partial charge in [-0.25, -0.2) is 0 Å². The first-order chi connectivity index (χ1) is 50.4. The Kier molecular flexibility index (Phi) is 60.9. The Hall–Kier alpha value is -22.1. The van der Waals surface area contributed by atoms with E-state index in [-0.39, 0.29) is 0 Å². The van der Waals surface area contributed by atoms with Crippen molar-refractivity contribution < 1.29 is 0 Å². The normalized spacial score (nSPS) is 3.96. The molecule has 0 aromatic heterocycles. The zero-order valence-electron chi connectivity index (χ0n) is 50.9. The van der Waals surface area contributed by atoms with Gasteiger partial charge in [0.1, 0.15) is 0 Å². The monoisotopic (exact) mass is 1220 g/mol. The van der Waals surface area contributed by atoms with Crippen LogP contribution in [0.5, 0.6) is 0 Å². The molecule has 0 spiro atoms. The van der Waals surface area contributed by atoms with Gasteiger partial charge in [-0.3, -0.25) is 0 Å². The summed E-state index contributed by atoms with van der Waals surface area (Å²) in [6.07, 6.45) is 0. The minimum absolute atomic E-state index is 1.63. The van der Waals surface area contributed by atoms with Crippen molar-refractivity contribution in [2.24, 2.45) is 0 Å². The first-order valence-corrected chi connectivity index (χ1v) is 25.2. The van der Waals surface area contributed by atoms with E-state index in [1.54, 1.807) is 13.0 Å². The second kappa shape index (κ2) is 77.9. The Bertz CT molecular complexity index is 7170. The molecule has 0 saturated heterocycles. The van der Waals surface area contributed by atoms with Crippen LogP contribution in [0.25, 0.3) is 0 Å². The average molecular weight is 1220 g/mol. The van der Waals surface area contributed by atoms with Crippen LogP contribution in [0.4, 0.5) is 0 Å². The third-order valence-corrected chi connectivity index (χ3v) is 6.18. The number of nitriles is 1. The van der Waals surface area contributed by atoms with Gasteiger partial charge in [-0.1, -0.05) is 5.92 Å². The standard InChI is InChI=1S/C100H3N/c1-2-3-4-5-6-7-8-9-10-11-12-13-14-15-16-17-18-19-20-21-22-23-24-25-26-27-28-29-30-31-32-33-34-35-36-37-38-39-40-41-42-43-44-45-46-47-48-49-50-51-52-53-54-55-56-57-58-59-60-61-62-63-64-65-66-67-68-69-70-71-72-73-74-75-76-77-78-79-80-81-82-83-84-85-86-87-88-89-90-91-92-93-94-95-96-97-98-99-100-101/h1H3. The first kappa shape index (κ1) is 78.9. The molecule has 101 heavy (non-hydrogen) atoms. The maximum absolute atomic E-state index is 8.22. The molecule has 0 aliphatic rings. The minimum Gasteiger partial charge on any atom is -0.183 e. The van der Waals surface area contributed by atoms with Gasteiger partial charge in [0.25, 0.3) is 0 Å². The van der Waals surface area contributed by atoms with E-state index in [1.165, 1.54) is 0 Å². The van der Waals surface area contributed by atoms with Crippen LogP contribution in [0.2, 0.25) is 0 Å².